The van der Waals surface area contributed by atoms with Gasteiger partial charge in [-0.1, -0.05) is 30.0 Å². The van der Waals surface area contributed by atoms with Crippen LogP contribution in [0.3, 0.4) is 0 Å². The second-order valence-electron chi connectivity index (χ2n) is 8.25. The molecule has 1 aliphatic heterocycles. The normalized spacial score (nSPS) is 15.8. The predicted octanol–water partition coefficient (Wildman–Crippen LogP) is 3.17. The maximum absolute atomic E-state index is 14.8. The van der Waals surface area contributed by atoms with E-state index in [1.165, 1.54) is 30.0 Å². The Balaban J connectivity index is 1.31. The minimum atomic E-state index is -4.02. The summed E-state index contributed by atoms with van der Waals surface area (Å²) in [5.41, 5.74) is 2.59. The first-order valence-corrected chi connectivity index (χ1v) is 13.2. The zero-order chi connectivity index (χ0) is 23.9. The second-order valence-corrected chi connectivity index (χ2v) is 10.9. The number of nitrogens with one attached hydrogen (secondary N) is 2. The van der Waals surface area contributed by atoms with Gasteiger partial charge in [-0.3, -0.25) is 4.79 Å². The number of hydrogen-bond donors (Lipinski definition) is 2. The van der Waals surface area contributed by atoms with E-state index in [1.807, 2.05) is 0 Å². The van der Waals surface area contributed by atoms with Gasteiger partial charge in [-0.25, -0.2) is 26.9 Å². The first kappa shape index (κ1) is 23.2. The monoisotopic (exact) mass is 505 g/mol. The number of sulfonamides is 1. The first-order chi connectivity index (χ1) is 16.3. The quantitative estimate of drug-likeness (QED) is 0.378. The number of rotatable bonds is 7. The number of aryl methyl sites for hydroxylation is 1. The van der Waals surface area contributed by atoms with E-state index in [0.717, 1.165) is 36.6 Å². The summed E-state index contributed by atoms with van der Waals surface area (Å²) in [4.78, 5) is 18.9. The largest absolute Gasteiger partial charge is 0.378 e. The van der Waals surface area contributed by atoms with E-state index in [2.05, 4.69) is 14.7 Å². The molecule has 0 amide bonds. The van der Waals surface area contributed by atoms with Crippen LogP contribution in [0, 0.1) is 11.6 Å². The number of thioether (sulfide) groups is 1. The molecule has 7 nitrogen and oxygen atoms in total. The zero-order valence-corrected chi connectivity index (χ0v) is 19.6. The number of aromatic nitrogens is 2. The Hall–Kier alpha value is -2.60. The smallest absolute Gasteiger partial charge is 0.254 e. The van der Waals surface area contributed by atoms with Crippen molar-refractivity contribution in [3.8, 4) is 11.1 Å². The Morgan fingerprint density at radius 1 is 1.09 bits per heavy atom. The predicted molar refractivity (Wildman–Crippen MR) is 123 cm³/mol. The van der Waals surface area contributed by atoms with Gasteiger partial charge >= 0.3 is 0 Å². The van der Waals surface area contributed by atoms with Crippen molar-refractivity contribution >= 4 is 21.8 Å². The molecule has 5 rings (SSSR count). The number of aromatic amines is 1. The summed E-state index contributed by atoms with van der Waals surface area (Å²) in [5.74, 6) is -1.15. The van der Waals surface area contributed by atoms with E-state index in [4.69, 9.17) is 4.74 Å². The van der Waals surface area contributed by atoms with Crippen LogP contribution in [0.5, 0.6) is 0 Å². The van der Waals surface area contributed by atoms with Crippen LogP contribution >= 0.6 is 11.8 Å². The summed E-state index contributed by atoms with van der Waals surface area (Å²) in [7, 11) is -4.02. The van der Waals surface area contributed by atoms with Crippen molar-refractivity contribution in [2.24, 2.45) is 0 Å². The average Bonchev–Trinajstić information content (AvgIpc) is 3.25. The SMILES string of the molecule is O=c1[nH]c(SCc2ccc(-c3ccc(S(=O)(=O)NC4COC4)c(F)c3)cc2F)nc2c1CCC2. The van der Waals surface area contributed by atoms with Crippen LogP contribution in [0.1, 0.15) is 23.2 Å². The molecule has 0 bridgehead atoms. The fraction of sp³-hybridized carbons (Fsp3) is 0.304. The summed E-state index contributed by atoms with van der Waals surface area (Å²) in [6, 6.07) is 7.83. The summed E-state index contributed by atoms with van der Waals surface area (Å²) in [6.45, 7) is 0.503. The minimum Gasteiger partial charge on any atom is -0.378 e. The molecular weight excluding hydrogens is 484 g/mol. The summed E-state index contributed by atoms with van der Waals surface area (Å²) in [6.07, 6.45) is 2.42. The number of H-pyrrole nitrogens is 1. The lowest BCUT2D eigenvalue weighted by Crippen LogP contribution is -2.48. The average molecular weight is 506 g/mol. The summed E-state index contributed by atoms with van der Waals surface area (Å²) in [5, 5.41) is 0.454. The third-order valence-electron chi connectivity index (χ3n) is 5.85. The van der Waals surface area contributed by atoms with Crippen molar-refractivity contribution in [1.82, 2.24) is 14.7 Å². The Labute approximate surface area is 199 Å². The number of fused-ring (bicyclic) bond motifs is 1. The fourth-order valence-electron chi connectivity index (χ4n) is 3.96. The van der Waals surface area contributed by atoms with Crippen molar-refractivity contribution in [1.29, 1.82) is 0 Å². The minimum absolute atomic E-state index is 0.135. The molecule has 2 aromatic carbocycles. The number of nitrogens with zero attached hydrogens (tertiary/aromatic N) is 1. The lowest BCUT2D eigenvalue weighted by Gasteiger charge is -2.26. The van der Waals surface area contributed by atoms with Crippen LogP contribution in [-0.4, -0.2) is 37.6 Å². The molecule has 0 radical (unpaired) electrons. The zero-order valence-electron chi connectivity index (χ0n) is 17.9. The van der Waals surface area contributed by atoms with E-state index in [-0.39, 0.29) is 30.6 Å². The Morgan fingerprint density at radius 2 is 1.82 bits per heavy atom. The highest BCUT2D eigenvalue weighted by Gasteiger charge is 2.27. The molecular formula is C23H21F2N3O4S2. The molecule has 1 aliphatic carbocycles. The van der Waals surface area contributed by atoms with Crippen LogP contribution in [0.25, 0.3) is 11.1 Å². The molecule has 0 spiro atoms. The molecule has 2 heterocycles. The topological polar surface area (TPSA) is 101 Å². The highest BCUT2D eigenvalue weighted by molar-refractivity contribution is 7.98. The van der Waals surface area contributed by atoms with Crippen molar-refractivity contribution in [3.05, 3.63) is 75.2 Å². The molecule has 2 N–H and O–H groups in total. The molecule has 1 fully saturated rings. The molecule has 11 heteroatoms. The van der Waals surface area contributed by atoms with Gasteiger partial charge in [0.05, 0.1) is 24.9 Å². The maximum Gasteiger partial charge on any atom is 0.254 e. The molecule has 1 saturated heterocycles. The molecule has 0 atom stereocenters. The number of ether oxygens (including phenoxy) is 1. The molecule has 0 saturated carbocycles. The molecule has 0 unspecified atom stereocenters. The summed E-state index contributed by atoms with van der Waals surface area (Å²) >= 11 is 1.24. The second kappa shape index (κ2) is 9.21. The van der Waals surface area contributed by atoms with Gasteiger partial charge in [0.1, 0.15) is 16.5 Å². The Kier molecular flexibility index (Phi) is 6.28. The van der Waals surface area contributed by atoms with Crippen molar-refractivity contribution in [3.63, 3.8) is 0 Å². The lowest BCUT2D eigenvalue weighted by atomic mass is 10.0. The van der Waals surface area contributed by atoms with E-state index in [9.17, 15) is 22.0 Å². The van der Waals surface area contributed by atoms with Gasteiger partial charge in [-0.2, -0.15) is 0 Å². The molecule has 34 heavy (non-hydrogen) atoms. The fourth-order valence-corrected chi connectivity index (χ4v) is 6.09. The first-order valence-electron chi connectivity index (χ1n) is 10.7. The molecule has 3 aromatic rings. The molecule has 2 aliphatic rings. The maximum atomic E-state index is 14.8. The van der Waals surface area contributed by atoms with Crippen LogP contribution < -0.4 is 10.3 Å². The van der Waals surface area contributed by atoms with Crippen LogP contribution in [0.4, 0.5) is 8.78 Å². The Bertz CT molecular complexity index is 1420. The number of benzene rings is 2. The van der Waals surface area contributed by atoms with Gasteiger partial charge in [0, 0.05) is 11.3 Å². The van der Waals surface area contributed by atoms with E-state index >= 15 is 0 Å². The van der Waals surface area contributed by atoms with Gasteiger partial charge in [-0.15, -0.1) is 0 Å². The number of hydrogen-bond acceptors (Lipinski definition) is 6. The van der Waals surface area contributed by atoms with E-state index < -0.39 is 26.6 Å². The van der Waals surface area contributed by atoms with Crippen LogP contribution in [-0.2, 0) is 33.4 Å². The van der Waals surface area contributed by atoms with Crippen molar-refractivity contribution < 1.29 is 21.9 Å². The highest BCUT2D eigenvalue weighted by Crippen LogP contribution is 2.28. The van der Waals surface area contributed by atoms with Gasteiger partial charge in [0.15, 0.2) is 5.16 Å². The van der Waals surface area contributed by atoms with Crippen LogP contribution in [0.15, 0.2) is 51.2 Å². The van der Waals surface area contributed by atoms with Gasteiger partial charge in [0.2, 0.25) is 10.0 Å². The Morgan fingerprint density at radius 3 is 2.50 bits per heavy atom. The highest BCUT2D eigenvalue weighted by atomic mass is 32.2. The van der Waals surface area contributed by atoms with Crippen LogP contribution in [0.2, 0.25) is 0 Å². The number of halogens is 2. The van der Waals surface area contributed by atoms with Crippen molar-refractivity contribution in [2.75, 3.05) is 13.2 Å². The van der Waals surface area contributed by atoms with Gasteiger partial charge < -0.3 is 9.72 Å². The summed E-state index contributed by atoms with van der Waals surface area (Å²) < 4.78 is 61.5. The molecule has 1 aromatic heterocycles. The third-order valence-corrected chi connectivity index (χ3v) is 8.33. The van der Waals surface area contributed by atoms with Gasteiger partial charge in [0.25, 0.3) is 5.56 Å². The molecule has 178 valence electrons. The third kappa shape index (κ3) is 4.65. The van der Waals surface area contributed by atoms with Crippen molar-refractivity contribution in [2.45, 2.75) is 41.1 Å². The van der Waals surface area contributed by atoms with Gasteiger partial charge in [-0.05, 0) is 54.2 Å². The van der Waals surface area contributed by atoms with E-state index in [1.54, 1.807) is 12.1 Å². The van der Waals surface area contributed by atoms with E-state index in [0.29, 0.717) is 21.8 Å². The standard InChI is InChI=1S/C23H21F2N3O4S2/c24-18-8-13(14-6-7-21(19(25)9-14)34(30,31)28-16-10-32-11-16)4-5-15(18)12-33-23-26-20-3-1-2-17(20)22(29)27-23/h4-9,16,28H,1-3,10-12H2,(H,26,27,29). The lowest BCUT2D eigenvalue weighted by molar-refractivity contribution is 0.00480.